The number of nitrogens with one attached hydrogen (secondary N) is 1. The second-order valence-corrected chi connectivity index (χ2v) is 5.88. The molecule has 0 unspecified atom stereocenters. The molecule has 0 atom stereocenters. The summed E-state index contributed by atoms with van der Waals surface area (Å²) >= 11 is 1.40. The number of nitrogens with zero attached hydrogens (tertiary/aromatic N) is 3. The summed E-state index contributed by atoms with van der Waals surface area (Å²) in [6.07, 6.45) is 2.72. The molecule has 5 nitrogen and oxygen atoms in total. The fraction of sp³-hybridized carbons (Fsp3) is 0.188. The third kappa shape index (κ3) is 3.23. The minimum atomic E-state index is -0.167. The summed E-state index contributed by atoms with van der Waals surface area (Å²) in [5, 5.41) is 12.2. The van der Waals surface area contributed by atoms with Gasteiger partial charge in [-0.25, -0.2) is 0 Å². The van der Waals surface area contributed by atoms with Gasteiger partial charge in [-0.1, -0.05) is 48.6 Å². The number of hydrogen-bond acceptors (Lipinski definition) is 4. The molecule has 2 heterocycles. The Morgan fingerprint density at radius 3 is 2.73 bits per heavy atom. The normalized spacial score (nSPS) is 10.6. The molecular formula is C16H16N4OS. The minimum Gasteiger partial charge on any atom is -0.339 e. The van der Waals surface area contributed by atoms with E-state index in [1.54, 1.807) is 6.07 Å². The van der Waals surface area contributed by atoms with E-state index in [2.05, 4.69) is 15.5 Å². The Labute approximate surface area is 132 Å². The first kappa shape index (κ1) is 14.5. The Morgan fingerprint density at radius 2 is 2.00 bits per heavy atom. The summed E-state index contributed by atoms with van der Waals surface area (Å²) in [5.74, 6) is -0.167. The number of rotatable bonds is 5. The van der Waals surface area contributed by atoms with Crippen LogP contribution in [0.4, 0.5) is 5.13 Å². The van der Waals surface area contributed by atoms with Crippen LogP contribution in [0.15, 0.2) is 48.7 Å². The van der Waals surface area contributed by atoms with E-state index in [1.165, 1.54) is 11.3 Å². The zero-order chi connectivity index (χ0) is 15.4. The third-order valence-electron chi connectivity index (χ3n) is 3.25. The van der Waals surface area contributed by atoms with Gasteiger partial charge in [0.25, 0.3) is 5.91 Å². The highest BCUT2D eigenvalue weighted by atomic mass is 32.1. The molecule has 2 aromatic heterocycles. The van der Waals surface area contributed by atoms with Crippen LogP contribution in [-0.4, -0.2) is 20.7 Å². The largest absolute Gasteiger partial charge is 0.339 e. The molecule has 0 radical (unpaired) electrons. The number of anilines is 1. The van der Waals surface area contributed by atoms with E-state index in [1.807, 2.05) is 54.1 Å². The molecule has 22 heavy (non-hydrogen) atoms. The maximum absolute atomic E-state index is 12.4. The van der Waals surface area contributed by atoms with Crippen molar-refractivity contribution in [1.29, 1.82) is 0 Å². The monoisotopic (exact) mass is 312 g/mol. The van der Waals surface area contributed by atoms with Gasteiger partial charge in [0, 0.05) is 12.7 Å². The van der Waals surface area contributed by atoms with Crippen LogP contribution < -0.4 is 5.32 Å². The van der Waals surface area contributed by atoms with E-state index in [0.717, 1.165) is 17.0 Å². The molecule has 0 saturated carbocycles. The SMILES string of the molecule is CCc1nnc(NC(=O)c2cccn2Cc2ccccc2)s1. The highest BCUT2D eigenvalue weighted by Crippen LogP contribution is 2.17. The third-order valence-corrected chi connectivity index (χ3v) is 4.23. The predicted octanol–water partition coefficient (Wildman–Crippen LogP) is 3.20. The van der Waals surface area contributed by atoms with Crippen molar-refractivity contribution in [2.45, 2.75) is 19.9 Å². The van der Waals surface area contributed by atoms with Crippen LogP contribution in [0.3, 0.4) is 0 Å². The van der Waals surface area contributed by atoms with Gasteiger partial charge in [-0.15, -0.1) is 10.2 Å². The Kier molecular flexibility index (Phi) is 4.29. The Balaban J connectivity index is 1.74. The molecule has 0 aliphatic rings. The summed E-state index contributed by atoms with van der Waals surface area (Å²) in [6, 6.07) is 13.7. The second kappa shape index (κ2) is 6.53. The fourth-order valence-corrected chi connectivity index (χ4v) is 2.82. The lowest BCUT2D eigenvalue weighted by Gasteiger charge is -2.08. The summed E-state index contributed by atoms with van der Waals surface area (Å²) < 4.78 is 1.92. The van der Waals surface area contributed by atoms with Crippen LogP contribution in [0, 0.1) is 0 Å². The number of aryl methyl sites for hydroxylation is 1. The van der Waals surface area contributed by atoms with Gasteiger partial charge in [0.2, 0.25) is 5.13 Å². The van der Waals surface area contributed by atoms with Crippen molar-refractivity contribution in [3.63, 3.8) is 0 Å². The molecule has 0 fully saturated rings. The van der Waals surface area contributed by atoms with E-state index in [9.17, 15) is 4.79 Å². The van der Waals surface area contributed by atoms with Crippen molar-refractivity contribution in [1.82, 2.24) is 14.8 Å². The maximum atomic E-state index is 12.4. The first-order valence-electron chi connectivity index (χ1n) is 7.09. The minimum absolute atomic E-state index is 0.167. The van der Waals surface area contributed by atoms with Crippen LogP contribution in [0.5, 0.6) is 0 Å². The number of carbonyl (C=O) groups excluding carboxylic acids is 1. The molecule has 0 aliphatic heterocycles. The number of amides is 1. The van der Waals surface area contributed by atoms with Crippen molar-refractivity contribution in [2.75, 3.05) is 5.32 Å². The molecule has 3 rings (SSSR count). The van der Waals surface area contributed by atoms with Crippen molar-refractivity contribution < 1.29 is 4.79 Å². The molecule has 1 aromatic carbocycles. The molecule has 1 N–H and O–H groups in total. The smallest absolute Gasteiger partial charge is 0.274 e. The summed E-state index contributed by atoms with van der Waals surface area (Å²) in [4.78, 5) is 12.4. The molecule has 1 amide bonds. The Morgan fingerprint density at radius 1 is 1.18 bits per heavy atom. The van der Waals surface area contributed by atoms with Gasteiger partial charge < -0.3 is 4.57 Å². The molecule has 0 saturated heterocycles. The molecule has 0 aliphatic carbocycles. The van der Waals surface area contributed by atoms with E-state index in [4.69, 9.17) is 0 Å². The number of aromatic nitrogens is 3. The Hall–Kier alpha value is -2.47. The van der Waals surface area contributed by atoms with Crippen LogP contribution in [-0.2, 0) is 13.0 Å². The van der Waals surface area contributed by atoms with Crippen molar-refractivity contribution in [3.8, 4) is 0 Å². The van der Waals surface area contributed by atoms with E-state index >= 15 is 0 Å². The van der Waals surface area contributed by atoms with Gasteiger partial charge in [-0.05, 0) is 24.1 Å². The van der Waals surface area contributed by atoms with Crippen LogP contribution in [0.2, 0.25) is 0 Å². The molecule has 6 heteroatoms. The van der Waals surface area contributed by atoms with Crippen molar-refractivity contribution in [3.05, 3.63) is 64.9 Å². The van der Waals surface area contributed by atoms with Gasteiger partial charge >= 0.3 is 0 Å². The molecule has 112 valence electrons. The molecule has 0 bridgehead atoms. The summed E-state index contributed by atoms with van der Waals surface area (Å²) in [6.45, 7) is 2.67. The van der Waals surface area contributed by atoms with Crippen molar-refractivity contribution in [2.24, 2.45) is 0 Å². The average molecular weight is 312 g/mol. The molecule has 0 spiro atoms. The van der Waals surface area contributed by atoms with Crippen LogP contribution in [0.25, 0.3) is 0 Å². The first-order valence-corrected chi connectivity index (χ1v) is 7.90. The quantitative estimate of drug-likeness (QED) is 0.787. The predicted molar refractivity (Wildman–Crippen MR) is 87.2 cm³/mol. The topological polar surface area (TPSA) is 59.8 Å². The van der Waals surface area contributed by atoms with E-state index < -0.39 is 0 Å². The van der Waals surface area contributed by atoms with Crippen molar-refractivity contribution >= 4 is 22.4 Å². The average Bonchev–Trinajstić information content (AvgIpc) is 3.17. The lowest BCUT2D eigenvalue weighted by Crippen LogP contribution is -2.17. The fourth-order valence-electron chi connectivity index (χ4n) is 2.15. The van der Waals surface area contributed by atoms with Gasteiger partial charge in [-0.2, -0.15) is 0 Å². The lowest BCUT2D eigenvalue weighted by molar-refractivity contribution is 0.101. The highest BCUT2D eigenvalue weighted by Gasteiger charge is 2.13. The standard InChI is InChI=1S/C16H16N4OS/c1-2-14-18-19-16(22-14)17-15(21)13-9-6-10-20(13)11-12-7-4-3-5-8-12/h3-10H,2,11H2,1H3,(H,17,19,21). The summed E-state index contributed by atoms with van der Waals surface area (Å²) in [5.41, 5.74) is 1.76. The number of carbonyl (C=O) groups is 1. The highest BCUT2D eigenvalue weighted by molar-refractivity contribution is 7.15. The zero-order valence-corrected chi connectivity index (χ0v) is 13.0. The zero-order valence-electron chi connectivity index (χ0n) is 12.2. The summed E-state index contributed by atoms with van der Waals surface area (Å²) in [7, 11) is 0. The van der Waals surface area contributed by atoms with Crippen LogP contribution >= 0.6 is 11.3 Å². The van der Waals surface area contributed by atoms with Crippen LogP contribution in [0.1, 0.15) is 28.0 Å². The number of hydrogen-bond donors (Lipinski definition) is 1. The lowest BCUT2D eigenvalue weighted by atomic mass is 10.2. The van der Waals surface area contributed by atoms with Gasteiger partial charge in [-0.3, -0.25) is 10.1 Å². The maximum Gasteiger partial charge on any atom is 0.274 e. The second-order valence-electron chi connectivity index (χ2n) is 4.82. The van der Waals surface area contributed by atoms with E-state index in [0.29, 0.717) is 17.4 Å². The molecular weight excluding hydrogens is 296 g/mol. The Bertz CT molecular complexity index is 763. The first-order chi connectivity index (χ1) is 10.8. The van der Waals surface area contributed by atoms with E-state index in [-0.39, 0.29) is 5.91 Å². The number of benzene rings is 1. The van der Waals surface area contributed by atoms with Gasteiger partial charge in [0.1, 0.15) is 10.7 Å². The molecule has 3 aromatic rings. The van der Waals surface area contributed by atoms with Gasteiger partial charge in [0.05, 0.1) is 0 Å². The van der Waals surface area contributed by atoms with Gasteiger partial charge in [0.15, 0.2) is 0 Å².